The van der Waals surface area contributed by atoms with Gasteiger partial charge in [0.1, 0.15) is 5.75 Å². The van der Waals surface area contributed by atoms with E-state index in [0.717, 1.165) is 62.8 Å². The highest BCUT2D eigenvalue weighted by molar-refractivity contribution is 5.80. The topological polar surface area (TPSA) is 57.2 Å². The van der Waals surface area contributed by atoms with E-state index in [9.17, 15) is 4.79 Å². The van der Waals surface area contributed by atoms with E-state index in [1.807, 2.05) is 17.0 Å². The fourth-order valence-corrected chi connectivity index (χ4v) is 3.75. The van der Waals surface area contributed by atoms with Crippen LogP contribution in [0.15, 0.2) is 29.3 Å². The molecule has 1 aromatic rings. The predicted octanol–water partition coefficient (Wildman–Crippen LogP) is 2.64. The van der Waals surface area contributed by atoms with Gasteiger partial charge in [0.25, 0.3) is 0 Å². The molecular formula is C21H32N4O2. The van der Waals surface area contributed by atoms with E-state index in [1.54, 1.807) is 6.92 Å². The summed E-state index contributed by atoms with van der Waals surface area (Å²) in [7, 11) is 0. The highest BCUT2D eigenvalue weighted by Gasteiger charge is 2.21. The first-order valence-corrected chi connectivity index (χ1v) is 10.2. The highest BCUT2D eigenvalue weighted by atomic mass is 16.5. The smallest absolute Gasteiger partial charge is 0.219 e. The molecule has 1 N–H and O–H groups in total. The van der Waals surface area contributed by atoms with Crippen LogP contribution >= 0.6 is 0 Å². The SMILES string of the molecule is CCNC(=NCc1ccccc1OC1CCCC1)N1CCN(C(C)=O)CC1. The van der Waals surface area contributed by atoms with Gasteiger partial charge in [-0.3, -0.25) is 4.79 Å². The summed E-state index contributed by atoms with van der Waals surface area (Å²) in [5, 5.41) is 3.39. The lowest BCUT2D eigenvalue weighted by atomic mass is 10.2. The third-order valence-electron chi connectivity index (χ3n) is 5.33. The van der Waals surface area contributed by atoms with Crippen molar-refractivity contribution < 1.29 is 9.53 Å². The van der Waals surface area contributed by atoms with E-state index in [4.69, 9.17) is 9.73 Å². The second-order valence-electron chi connectivity index (χ2n) is 7.30. The van der Waals surface area contributed by atoms with Crippen LogP contribution in [0, 0.1) is 0 Å². The number of para-hydroxylation sites is 1. The van der Waals surface area contributed by atoms with Gasteiger partial charge in [0.2, 0.25) is 5.91 Å². The maximum Gasteiger partial charge on any atom is 0.219 e. The van der Waals surface area contributed by atoms with Gasteiger partial charge in [-0.05, 0) is 38.7 Å². The predicted molar refractivity (Wildman–Crippen MR) is 108 cm³/mol. The summed E-state index contributed by atoms with van der Waals surface area (Å²) in [4.78, 5) is 20.5. The molecule has 0 unspecified atom stereocenters. The van der Waals surface area contributed by atoms with Crippen molar-refractivity contribution in [3.05, 3.63) is 29.8 Å². The summed E-state index contributed by atoms with van der Waals surface area (Å²) in [5.41, 5.74) is 1.13. The van der Waals surface area contributed by atoms with Crippen LogP contribution in [0.25, 0.3) is 0 Å². The highest BCUT2D eigenvalue weighted by Crippen LogP contribution is 2.27. The van der Waals surface area contributed by atoms with Crippen LogP contribution < -0.4 is 10.1 Å². The van der Waals surface area contributed by atoms with Gasteiger partial charge in [0, 0.05) is 45.2 Å². The van der Waals surface area contributed by atoms with E-state index in [0.29, 0.717) is 12.6 Å². The molecule has 148 valence electrons. The number of aliphatic imine (C=N–C) groups is 1. The zero-order chi connectivity index (χ0) is 19.1. The third kappa shape index (κ3) is 5.37. The molecule has 27 heavy (non-hydrogen) atoms. The van der Waals surface area contributed by atoms with Gasteiger partial charge in [0.15, 0.2) is 5.96 Å². The number of carbonyl (C=O) groups is 1. The molecule has 6 heteroatoms. The van der Waals surface area contributed by atoms with Crippen LogP contribution in [0.2, 0.25) is 0 Å². The van der Waals surface area contributed by atoms with Gasteiger partial charge in [-0.15, -0.1) is 0 Å². The minimum Gasteiger partial charge on any atom is -0.490 e. The second-order valence-corrected chi connectivity index (χ2v) is 7.30. The summed E-state index contributed by atoms with van der Waals surface area (Å²) in [6, 6.07) is 8.24. The molecule has 1 aliphatic heterocycles. The lowest BCUT2D eigenvalue weighted by molar-refractivity contribution is -0.130. The summed E-state index contributed by atoms with van der Waals surface area (Å²) in [5.74, 6) is 2.02. The first-order valence-electron chi connectivity index (χ1n) is 10.2. The number of rotatable bonds is 5. The summed E-state index contributed by atoms with van der Waals surface area (Å²) in [6.07, 6.45) is 5.19. The minimum absolute atomic E-state index is 0.148. The van der Waals surface area contributed by atoms with Gasteiger partial charge < -0.3 is 19.9 Å². The molecular weight excluding hydrogens is 340 g/mol. The molecule has 2 fully saturated rings. The Balaban J connectivity index is 1.65. The number of piperazine rings is 1. The lowest BCUT2D eigenvalue weighted by Gasteiger charge is -2.36. The van der Waals surface area contributed by atoms with Crippen LogP contribution in [0.3, 0.4) is 0 Å². The van der Waals surface area contributed by atoms with Crippen LogP contribution in [0.4, 0.5) is 0 Å². The Morgan fingerprint density at radius 3 is 2.48 bits per heavy atom. The van der Waals surface area contributed by atoms with Crippen molar-refractivity contribution in [2.24, 2.45) is 4.99 Å². The number of hydrogen-bond acceptors (Lipinski definition) is 3. The van der Waals surface area contributed by atoms with Crippen molar-refractivity contribution in [2.75, 3.05) is 32.7 Å². The Hall–Kier alpha value is -2.24. The Kier molecular flexibility index (Phi) is 6.96. The third-order valence-corrected chi connectivity index (χ3v) is 5.33. The van der Waals surface area contributed by atoms with Crippen molar-refractivity contribution in [1.29, 1.82) is 0 Å². The number of guanidine groups is 1. The maximum absolute atomic E-state index is 11.5. The number of benzene rings is 1. The van der Waals surface area contributed by atoms with E-state index >= 15 is 0 Å². The standard InChI is InChI=1S/C21H32N4O2/c1-3-22-21(25-14-12-24(13-15-25)17(2)26)23-16-18-8-4-7-11-20(18)27-19-9-5-6-10-19/h4,7-8,11,19H,3,5-6,9-10,12-16H2,1-2H3,(H,22,23). The van der Waals surface area contributed by atoms with Crippen LogP contribution in [-0.2, 0) is 11.3 Å². The second kappa shape index (κ2) is 9.62. The van der Waals surface area contributed by atoms with Crippen molar-refractivity contribution >= 4 is 11.9 Å². The van der Waals surface area contributed by atoms with Crippen molar-refractivity contribution in [1.82, 2.24) is 15.1 Å². The molecule has 0 bridgehead atoms. The van der Waals surface area contributed by atoms with Crippen LogP contribution in [0.1, 0.15) is 45.1 Å². The first kappa shape index (κ1) is 19.5. The molecule has 1 saturated heterocycles. The van der Waals surface area contributed by atoms with Gasteiger partial charge in [0.05, 0.1) is 12.6 Å². The molecule has 3 rings (SSSR count). The van der Waals surface area contributed by atoms with Gasteiger partial charge in [-0.1, -0.05) is 18.2 Å². The number of hydrogen-bond donors (Lipinski definition) is 1. The zero-order valence-electron chi connectivity index (χ0n) is 16.6. The summed E-state index contributed by atoms with van der Waals surface area (Å²) >= 11 is 0. The van der Waals surface area contributed by atoms with Crippen molar-refractivity contribution in [3.8, 4) is 5.75 Å². The van der Waals surface area contributed by atoms with E-state index in [2.05, 4.69) is 29.3 Å². The van der Waals surface area contributed by atoms with Crippen molar-refractivity contribution in [3.63, 3.8) is 0 Å². The molecule has 0 spiro atoms. The zero-order valence-corrected chi connectivity index (χ0v) is 16.6. The number of nitrogens with one attached hydrogen (secondary N) is 1. The maximum atomic E-state index is 11.5. The molecule has 1 aliphatic carbocycles. The fraction of sp³-hybridized carbons (Fsp3) is 0.619. The van der Waals surface area contributed by atoms with E-state index in [-0.39, 0.29) is 5.91 Å². The quantitative estimate of drug-likeness (QED) is 0.638. The molecule has 0 atom stereocenters. The minimum atomic E-state index is 0.148. The Morgan fingerprint density at radius 1 is 1.15 bits per heavy atom. The summed E-state index contributed by atoms with van der Waals surface area (Å²) < 4.78 is 6.24. The number of ether oxygens (including phenoxy) is 1. The molecule has 0 radical (unpaired) electrons. The number of amides is 1. The molecule has 1 saturated carbocycles. The normalized spacial score (nSPS) is 18.7. The average molecular weight is 373 g/mol. The Labute approximate surface area is 162 Å². The number of carbonyl (C=O) groups excluding carboxylic acids is 1. The van der Waals surface area contributed by atoms with E-state index < -0.39 is 0 Å². The molecule has 1 heterocycles. The molecule has 2 aliphatic rings. The molecule has 1 aromatic carbocycles. The summed E-state index contributed by atoms with van der Waals surface area (Å²) in [6.45, 7) is 8.26. The Morgan fingerprint density at radius 2 is 1.81 bits per heavy atom. The molecule has 6 nitrogen and oxygen atoms in total. The van der Waals surface area contributed by atoms with Gasteiger partial charge in [-0.25, -0.2) is 4.99 Å². The van der Waals surface area contributed by atoms with E-state index in [1.165, 1.54) is 12.8 Å². The number of nitrogens with zero attached hydrogens (tertiary/aromatic N) is 3. The monoisotopic (exact) mass is 372 g/mol. The van der Waals surface area contributed by atoms with Crippen LogP contribution in [0.5, 0.6) is 5.75 Å². The largest absolute Gasteiger partial charge is 0.490 e. The van der Waals surface area contributed by atoms with Crippen molar-refractivity contribution in [2.45, 2.75) is 52.2 Å². The lowest BCUT2D eigenvalue weighted by Crippen LogP contribution is -2.53. The van der Waals surface area contributed by atoms with Gasteiger partial charge >= 0.3 is 0 Å². The van der Waals surface area contributed by atoms with Gasteiger partial charge in [-0.2, -0.15) is 0 Å². The fourth-order valence-electron chi connectivity index (χ4n) is 3.75. The van der Waals surface area contributed by atoms with Crippen LogP contribution in [-0.4, -0.2) is 60.5 Å². The average Bonchev–Trinajstić information content (AvgIpc) is 3.19. The molecule has 0 aromatic heterocycles. The Bertz CT molecular complexity index is 647. The molecule has 1 amide bonds. The first-order chi connectivity index (χ1) is 13.2.